The first-order valence-corrected chi connectivity index (χ1v) is 8.20. The van der Waals surface area contributed by atoms with Crippen LogP contribution in [0, 0.1) is 76.4 Å². The van der Waals surface area contributed by atoms with E-state index in [-0.39, 0.29) is 29.8 Å². The molecule has 10 atom stereocenters. The van der Waals surface area contributed by atoms with E-state index < -0.39 is 40.3 Å². The lowest BCUT2D eigenvalue weighted by molar-refractivity contribution is -0.0418. The van der Waals surface area contributed by atoms with Gasteiger partial charge in [0.2, 0.25) is 5.82 Å². The van der Waals surface area contributed by atoms with Crippen LogP contribution in [0.15, 0.2) is 0 Å². The van der Waals surface area contributed by atoms with Gasteiger partial charge < -0.3 is 4.74 Å². The Hall–Kier alpha value is -1.17. The highest BCUT2D eigenvalue weighted by molar-refractivity contribution is 5.46. The molecule has 4 bridgehead atoms. The van der Waals surface area contributed by atoms with Gasteiger partial charge in [0.15, 0.2) is 23.3 Å². The minimum atomic E-state index is -2.08. The Kier molecular flexibility index (Phi) is 1.62. The third-order valence-corrected chi connectivity index (χ3v) is 8.30. The van der Waals surface area contributed by atoms with Crippen molar-refractivity contribution >= 4 is 0 Å². The van der Waals surface area contributed by atoms with E-state index in [0.717, 1.165) is 6.42 Å². The van der Waals surface area contributed by atoms with E-state index in [1.165, 1.54) is 0 Å². The second kappa shape index (κ2) is 3.05. The van der Waals surface area contributed by atoms with E-state index in [4.69, 9.17) is 4.74 Å². The number of halogens is 5. The SMILES string of the molecule is Fc1c(F)c(F)c([C@]23O[C@H]4[C@H]5[C@@H]6[C@H]7C[C@H]([C@@H]6[C@H]52)[C@@H]3[C@@H]74)c(F)c1F. The summed E-state index contributed by atoms with van der Waals surface area (Å²) in [6.45, 7) is 0. The average molecular weight is 326 g/mol. The van der Waals surface area contributed by atoms with Gasteiger partial charge in [0, 0.05) is 11.8 Å². The van der Waals surface area contributed by atoms with Crippen LogP contribution in [-0.2, 0) is 10.3 Å². The molecule has 1 nitrogen and oxygen atoms in total. The molecule has 0 aromatic heterocycles. The Labute approximate surface area is 127 Å². The Balaban J connectivity index is 1.57. The summed E-state index contributed by atoms with van der Waals surface area (Å²) in [5.41, 5.74) is -1.94. The topological polar surface area (TPSA) is 9.23 Å². The monoisotopic (exact) mass is 326 g/mol. The molecule has 0 amide bonds. The van der Waals surface area contributed by atoms with Crippen molar-refractivity contribution in [2.75, 3.05) is 0 Å². The first-order chi connectivity index (χ1) is 11.0. The molecule has 23 heavy (non-hydrogen) atoms. The maximum absolute atomic E-state index is 14.5. The van der Waals surface area contributed by atoms with Crippen LogP contribution in [0.25, 0.3) is 0 Å². The van der Waals surface area contributed by atoms with Crippen molar-refractivity contribution in [2.45, 2.75) is 18.1 Å². The Morgan fingerprint density at radius 2 is 1.35 bits per heavy atom. The van der Waals surface area contributed by atoms with Gasteiger partial charge in [-0.05, 0) is 41.9 Å². The van der Waals surface area contributed by atoms with Gasteiger partial charge in [0.1, 0.15) is 5.60 Å². The fourth-order valence-corrected chi connectivity index (χ4v) is 8.35. The molecule has 0 spiro atoms. The lowest BCUT2D eigenvalue weighted by Crippen LogP contribution is -2.48. The van der Waals surface area contributed by atoms with E-state index in [2.05, 4.69) is 0 Å². The number of hydrogen-bond donors (Lipinski definition) is 0. The summed E-state index contributed by atoms with van der Waals surface area (Å²) in [4.78, 5) is 0. The minimum absolute atomic E-state index is 0.0290. The van der Waals surface area contributed by atoms with Crippen LogP contribution in [-0.4, -0.2) is 6.10 Å². The molecule has 5 aliphatic carbocycles. The number of rotatable bonds is 1. The third-order valence-electron chi connectivity index (χ3n) is 8.30. The smallest absolute Gasteiger partial charge is 0.200 e. The van der Waals surface area contributed by atoms with Gasteiger partial charge in [-0.3, -0.25) is 0 Å². The van der Waals surface area contributed by atoms with Crippen molar-refractivity contribution in [3.63, 3.8) is 0 Å². The molecule has 0 unspecified atom stereocenters. The van der Waals surface area contributed by atoms with E-state index in [0.29, 0.717) is 23.7 Å². The summed E-state index contributed by atoms with van der Waals surface area (Å²) in [6.07, 6.45) is 1.02. The summed E-state index contributed by atoms with van der Waals surface area (Å²) >= 11 is 0. The molecule has 2 saturated heterocycles. The molecule has 1 aromatic rings. The normalized spacial score (nSPS) is 58.0. The minimum Gasteiger partial charge on any atom is -0.366 e. The van der Waals surface area contributed by atoms with Crippen LogP contribution in [0.5, 0.6) is 0 Å². The van der Waals surface area contributed by atoms with Crippen molar-refractivity contribution in [3.8, 4) is 0 Å². The number of hydrogen-bond acceptors (Lipinski definition) is 1. The van der Waals surface area contributed by atoms with Crippen LogP contribution in [0.2, 0.25) is 0 Å². The van der Waals surface area contributed by atoms with Crippen molar-refractivity contribution in [1.29, 1.82) is 0 Å². The summed E-state index contributed by atoms with van der Waals surface area (Å²) in [7, 11) is 0. The lowest BCUT2D eigenvalue weighted by atomic mass is 9.56. The maximum atomic E-state index is 14.5. The molecule has 1 aromatic carbocycles. The molecule has 0 radical (unpaired) electrons. The lowest BCUT2D eigenvalue weighted by Gasteiger charge is -2.46. The van der Waals surface area contributed by atoms with Crippen LogP contribution < -0.4 is 0 Å². The fourth-order valence-electron chi connectivity index (χ4n) is 8.35. The molecular weight excluding hydrogens is 315 g/mol. The van der Waals surface area contributed by atoms with Gasteiger partial charge in [-0.1, -0.05) is 0 Å². The van der Waals surface area contributed by atoms with Gasteiger partial charge in [-0.25, -0.2) is 22.0 Å². The molecule has 2 heterocycles. The number of benzene rings is 1. The Morgan fingerprint density at radius 3 is 2.04 bits per heavy atom. The molecule has 7 fully saturated rings. The first-order valence-electron chi connectivity index (χ1n) is 8.20. The largest absolute Gasteiger partial charge is 0.366 e. The van der Waals surface area contributed by atoms with Gasteiger partial charge >= 0.3 is 0 Å². The summed E-state index contributed by atoms with van der Waals surface area (Å²) in [5, 5.41) is 0. The zero-order valence-corrected chi connectivity index (χ0v) is 11.7. The quantitative estimate of drug-likeness (QED) is 0.437. The molecule has 7 aliphatic rings. The predicted molar refractivity (Wildman–Crippen MR) is 65.3 cm³/mol. The maximum Gasteiger partial charge on any atom is 0.200 e. The molecule has 5 saturated carbocycles. The summed E-state index contributed by atoms with van der Waals surface area (Å²) < 4.78 is 76.1. The van der Waals surface area contributed by atoms with Crippen LogP contribution in [0.3, 0.4) is 0 Å². The van der Waals surface area contributed by atoms with Crippen molar-refractivity contribution in [1.82, 2.24) is 0 Å². The van der Waals surface area contributed by atoms with Crippen LogP contribution in [0.4, 0.5) is 22.0 Å². The van der Waals surface area contributed by atoms with Crippen LogP contribution >= 0.6 is 0 Å². The summed E-state index contributed by atoms with van der Waals surface area (Å²) in [6, 6.07) is 0. The molecule has 6 heteroatoms. The van der Waals surface area contributed by atoms with E-state index in [9.17, 15) is 22.0 Å². The highest BCUT2D eigenvalue weighted by atomic mass is 19.2. The van der Waals surface area contributed by atoms with Crippen molar-refractivity contribution < 1.29 is 26.7 Å². The average Bonchev–Trinajstić information content (AvgIpc) is 3.16. The van der Waals surface area contributed by atoms with Gasteiger partial charge in [-0.2, -0.15) is 0 Å². The van der Waals surface area contributed by atoms with Crippen LogP contribution in [0.1, 0.15) is 12.0 Å². The standard InChI is InChI=1S/C17H11F5O/c18-11-10(12(19)14(21)15(22)13(11)20)17-8-3-1-2-4-5(3)9(17)7(4)16(23-17)6(2)8/h2-9,16H,1H2/t2-,3-,4-,5+,6-,7+,8-,9-,16-,17-/m1/s1. The third kappa shape index (κ3) is 0.839. The molecule has 8 rings (SSSR count). The predicted octanol–water partition coefficient (Wildman–Crippen LogP) is 3.36. The molecule has 2 aliphatic heterocycles. The molecule has 120 valence electrons. The van der Waals surface area contributed by atoms with Gasteiger partial charge in [0.25, 0.3) is 0 Å². The highest BCUT2D eigenvalue weighted by Crippen LogP contribution is 2.92. The van der Waals surface area contributed by atoms with E-state index in [1.807, 2.05) is 0 Å². The van der Waals surface area contributed by atoms with Crippen molar-refractivity contribution in [3.05, 3.63) is 34.6 Å². The summed E-state index contributed by atoms with van der Waals surface area (Å²) in [5.74, 6) is -6.89. The molecule has 0 N–H and O–H groups in total. The second-order valence-electron chi connectivity index (χ2n) is 8.24. The highest BCUT2D eigenvalue weighted by Gasteiger charge is 2.93. The van der Waals surface area contributed by atoms with Gasteiger partial charge in [-0.15, -0.1) is 0 Å². The zero-order chi connectivity index (χ0) is 15.6. The Morgan fingerprint density at radius 1 is 0.696 bits per heavy atom. The second-order valence-corrected chi connectivity index (χ2v) is 8.24. The van der Waals surface area contributed by atoms with Crippen molar-refractivity contribution in [2.24, 2.45) is 47.3 Å². The molecular formula is C17H11F5O. The first kappa shape index (κ1) is 12.2. The van der Waals surface area contributed by atoms with E-state index >= 15 is 0 Å². The van der Waals surface area contributed by atoms with E-state index in [1.54, 1.807) is 0 Å². The Bertz CT molecular complexity index is 800. The number of ether oxygens (including phenoxy) is 1. The fraction of sp³-hybridized carbons (Fsp3) is 0.647. The zero-order valence-electron chi connectivity index (χ0n) is 11.7. The van der Waals surface area contributed by atoms with Gasteiger partial charge in [0.05, 0.1) is 11.7 Å².